The largest absolute Gasteiger partial charge is 0.497 e. The summed E-state index contributed by atoms with van der Waals surface area (Å²) in [7, 11) is 3.26. The predicted molar refractivity (Wildman–Crippen MR) is 130 cm³/mol. The molecule has 7 nitrogen and oxygen atoms in total. The van der Waals surface area contributed by atoms with E-state index in [-0.39, 0.29) is 11.7 Å². The minimum Gasteiger partial charge on any atom is -0.497 e. The van der Waals surface area contributed by atoms with Crippen LogP contribution in [0.15, 0.2) is 78.0 Å². The van der Waals surface area contributed by atoms with Gasteiger partial charge >= 0.3 is 0 Å². The van der Waals surface area contributed by atoms with Gasteiger partial charge in [-0.3, -0.25) is 9.36 Å². The summed E-state index contributed by atoms with van der Waals surface area (Å²) in [6.07, 6.45) is 0. The van der Waals surface area contributed by atoms with Crippen LogP contribution in [-0.2, 0) is 4.79 Å². The van der Waals surface area contributed by atoms with Crippen molar-refractivity contribution in [1.29, 1.82) is 0 Å². The first-order valence-corrected chi connectivity index (χ1v) is 11.3. The number of ether oxygens (including phenoxy) is 2. The molecule has 8 heteroatoms. The van der Waals surface area contributed by atoms with Crippen molar-refractivity contribution in [1.82, 2.24) is 14.8 Å². The second-order valence-electron chi connectivity index (χ2n) is 7.18. The maximum Gasteiger partial charge on any atom is 0.234 e. The molecule has 4 aromatic rings. The van der Waals surface area contributed by atoms with Crippen LogP contribution in [0.1, 0.15) is 5.82 Å². The first kappa shape index (κ1) is 22.4. The summed E-state index contributed by atoms with van der Waals surface area (Å²) in [5.41, 5.74) is 3.49. The van der Waals surface area contributed by atoms with E-state index in [9.17, 15) is 4.79 Å². The molecule has 0 spiro atoms. The zero-order valence-corrected chi connectivity index (χ0v) is 19.4. The first-order valence-electron chi connectivity index (χ1n) is 10.3. The number of hydrogen-bond acceptors (Lipinski definition) is 6. The van der Waals surface area contributed by atoms with Crippen LogP contribution in [0.2, 0.25) is 0 Å². The van der Waals surface area contributed by atoms with Gasteiger partial charge in [-0.25, -0.2) is 0 Å². The number of benzene rings is 3. The Bertz CT molecular complexity index is 1240. The topological polar surface area (TPSA) is 78.3 Å². The maximum atomic E-state index is 12.7. The van der Waals surface area contributed by atoms with E-state index in [0.717, 1.165) is 34.1 Å². The number of thioether (sulfide) groups is 1. The summed E-state index contributed by atoms with van der Waals surface area (Å²) in [6.45, 7) is 1.89. The van der Waals surface area contributed by atoms with Gasteiger partial charge in [0.2, 0.25) is 5.91 Å². The van der Waals surface area contributed by atoms with Gasteiger partial charge in [0.1, 0.15) is 17.3 Å². The number of hydrogen-bond donors (Lipinski definition) is 1. The lowest BCUT2D eigenvalue weighted by Crippen LogP contribution is -2.14. The molecular weight excluding hydrogens is 436 g/mol. The summed E-state index contributed by atoms with van der Waals surface area (Å²) in [5.74, 6) is 2.33. The quantitative estimate of drug-likeness (QED) is 0.373. The molecule has 0 aliphatic rings. The molecule has 4 rings (SSSR count). The van der Waals surface area contributed by atoms with Crippen molar-refractivity contribution < 1.29 is 14.3 Å². The molecule has 0 bridgehead atoms. The fraction of sp³-hybridized carbons (Fsp3) is 0.160. The molecule has 1 amide bonds. The maximum absolute atomic E-state index is 12.7. The van der Waals surface area contributed by atoms with E-state index < -0.39 is 0 Å². The fourth-order valence-corrected chi connectivity index (χ4v) is 4.22. The smallest absolute Gasteiger partial charge is 0.234 e. The van der Waals surface area contributed by atoms with Crippen LogP contribution in [0.4, 0.5) is 5.69 Å². The molecule has 33 heavy (non-hydrogen) atoms. The minimum atomic E-state index is -0.133. The average Bonchev–Trinajstić information content (AvgIpc) is 3.23. The van der Waals surface area contributed by atoms with Crippen molar-refractivity contribution in [2.45, 2.75) is 12.1 Å². The van der Waals surface area contributed by atoms with Crippen molar-refractivity contribution in [2.75, 3.05) is 25.3 Å². The zero-order valence-electron chi connectivity index (χ0n) is 18.6. The highest BCUT2D eigenvalue weighted by Crippen LogP contribution is 2.33. The van der Waals surface area contributed by atoms with Crippen molar-refractivity contribution >= 4 is 23.4 Å². The van der Waals surface area contributed by atoms with E-state index in [4.69, 9.17) is 9.47 Å². The lowest BCUT2D eigenvalue weighted by molar-refractivity contribution is -0.113. The third kappa shape index (κ3) is 5.18. The summed E-state index contributed by atoms with van der Waals surface area (Å²) in [4.78, 5) is 12.7. The molecule has 0 fully saturated rings. The van der Waals surface area contributed by atoms with Gasteiger partial charge in [-0.1, -0.05) is 42.1 Å². The number of para-hydroxylation sites is 1. The van der Waals surface area contributed by atoms with Gasteiger partial charge in [0.25, 0.3) is 0 Å². The number of nitrogens with zero attached hydrogens (tertiary/aromatic N) is 3. The van der Waals surface area contributed by atoms with Crippen LogP contribution >= 0.6 is 11.8 Å². The molecule has 0 aliphatic heterocycles. The number of carbonyl (C=O) groups is 1. The third-order valence-corrected chi connectivity index (χ3v) is 5.96. The molecule has 1 N–H and O–H groups in total. The molecule has 0 atom stereocenters. The Morgan fingerprint density at radius 1 is 0.970 bits per heavy atom. The third-order valence-electron chi connectivity index (χ3n) is 5.03. The number of aromatic nitrogens is 3. The second-order valence-corrected chi connectivity index (χ2v) is 8.12. The lowest BCUT2D eigenvalue weighted by atomic mass is 10.0. The minimum absolute atomic E-state index is 0.133. The SMILES string of the molecule is COc1ccc(-c2cc(NC(=O)CSc3nnc(C)n3-c3ccccc3)ccc2OC)cc1. The van der Waals surface area contributed by atoms with Gasteiger partial charge in [-0.05, 0) is 55.0 Å². The Hall–Kier alpha value is -3.78. The molecule has 1 heterocycles. The normalized spacial score (nSPS) is 10.6. The summed E-state index contributed by atoms with van der Waals surface area (Å²) in [6, 6.07) is 23.1. The zero-order chi connectivity index (χ0) is 23.2. The Labute approximate surface area is 196 Å². The monoisotopic (exact) mass is 460 g/mol. The van der Waals surface area contributed by atoms with Gasteiger partial charge in [-0.2, -0.15) is 0 Å². The highest BCUT2D eigenvalue weighted by molar-refractivity contribution is 7.99. The van der Waals surface area contributed by atoms with E-state index in [2.05, 4.69) is 15.5 Å². The first-order chi connectivity index (χ1) is 16.1. The summed E-state index contributed by atoms with van der Waals surface area (Å²) >= 11 is 1.34. The Morgan fingerprint density at radius 2 is 1.73 bits per heavy atom. The predicted octanol–water partition coefficient (Wildman–Crippen LogP) is 4.99. The standard InChI is InChI=1S/C25H24N4O3S/c1-17-27-28-25(29(17)20-7-5-4-6-8-20)33-16-24(30)26-19-11-14-23(32-3)22(15-19)18-9-12-21(31-2)13-10-18/h4-15H,16H2,1-3H3,(H,26,30). The molecule has 0 radical (unpaired) electrons. The molecular formula is C25H24N4O3S. The number of nitrogens with one attached hydrogen (secondary N) is 1. The van der Waals surface area contributed by atoms with Crippen LogP contribution in [-0.4, -0.2) is 40.6 Å². The molecule has 1 aromatic heterocycles. The van der Waals surface area contributed by atoms with Crippen LogP contribution in [0.25, 0.3) is 16.8 Å². The number of carbonyl (C=O) groups excluding carboxylic acids is 1. The lowest BCUT2D eigenvalue weighted by Gasteiger charge is -2.13. The van der Waals surface area contributed by atoms with Crippen LogP contribution in [0, 0.1) is 6.92 Å². The highest BCUT2D eigenvalue weighted by Gasteiger charge is 2.14. The van der Waals surface area contributed by atoms with Crippen LogP contribution < -0.4 is 14.8 Å². The number of aryl methyl sites for hydroxylation is 1. The van der Waals surface area contributed by atoms with Crippen LogP contribution in [0.3, 0.4) is 0 Å². The fourth-order valence-electron chi connectivity index (χ4n) is 3.42. The van der Waals surface area contributed by atoms with Crippen molar-refractivity contribution in [3.8, 4) is 28.3 Å². The number of rotatable bonds is 8. The van der Waals surface area contributed by atoms with Crippen LogP contribution in [0.5, 0.6) is 11.5 Å². The second kappa shape index (κ2) is 10.2. The number of methoxy groups -OCH3 is 2. The Morgan fingerprint density at radius 3 is 2.42 bits per heavy atom. The van der Waals surface area contributed by atoms with Crippen molar-refractivity contribution in [2.24, 2.45) is 0 Å². The van der Waals surface area contributed by atoms with E-state index in [0.29, 0.717) is 10.8 Å². The van der Waals surface area contributed by atoms with Gasteiger partial charge in [0.15, 0.2) is 5.16 Å². The molecule has 0 saturated heterocycles. The van der Waals surface area contributed by atoms with Gasteiger partial charge in [0, 0.05) is 16.9 Å². The summed E-state index contributed by atoms with van der Waals surface area (Å²) in [5, 5.41) is 12.0. The molecule has 0 aliphatic carbocycles. The highest BCUT2D eigenvalue weighted by atomic mass is 32.2. The van der Waals surface area contributed by atoms with Crippen molar-refractivity contribution in [3.05, 3.63) is 78.6 Å². The van der Waals surface area contributed by atoms with Gasteiger partial charge in [0.05, 0.1) is 20.0 Å². The Kier molecular flexibility index (Phi) is 6.95. The van der Waals surface area contributed by atoms with Gasteiger partial charge in [-0.15, -0.1) is 10.2 Å². The molecule has 168 valence electrons. The number of amides is 1. The van der Waals surface area contributed by atoms with Gasteiger partial charge < -0.3 is 14.8 Å². The van der Waals surface area contributed by atoms with Crippen molar-refractivity contribution in [3.63, 3.8) is 0 Å². The van der Waals surface area contributed by atoms with E-state index in [1.165, 1.54) is 11.8 Å². The number of anilines is 1. The van der Waals surface area contributed by atoms with E-state index in [1.807, 2.05) is 84.3 Å². The summed E-state index contributed by atoms with van der Waals surface area (Å²) < 4.78 is 12.7. The Balaban J connectivity index is 1.47. The molecule has 0 saturated carbocycles. The van der Waals surface area contributed by atoms with E-state index in [1.54, 1.807) is 14.2 Å². The van der Waals surface area contributed by atoms with E-state index >= 15 is 0 Å². The molecule has 0 unspecified atom stereocenters. The molecule has 3 aromatic carbocycles. The average molecular weight is 461 g/mol.